The standard InChI is InChI=1S/C14H23N3O/c1-11-7-12(13(18-3)8-16-11)17-10-14(2)5-4-6-15-9-14/h7-8,15H,4-6,9-10H2,1-3H3,(H,16,17). The minimum absolute atomic E-state index is 0.320. The quantitative estimate of drug-likeness (QED) is 0.859. The first-order chi connectivity index (χ1) is 8.63. The minimum Gasteiger partial charge on any atom is -0.493 e. The van der Waals surface area contributed by atoms with E-state index in [1.165, 1.54) is 12.8 Å². The van der Waals surface area contributed by atoms with Crippen LogP contribution in [0.3, 0.4) is 0 Å². The Morgan fingerprint density at radius 2 is 2.39 bits per heavy atom. The van der Waals surface area contributed by atoms with Crippen LogP contribution in [-0.4, -0.2) is 31.7 Å². The molecule has 0 amide bonds. The van der Waals surface area contributed by atoms with Crippen LogP contribution in [-0.2, 0) is 0 Å². The first-order valence-corrected chi connectivity index (χ1v) is 6.58. The van der Waals surface area contributed by atoms with Gasteiger partial charge in [0.25, 0.3) is 0 Å². The lowest BCUT2D eigenvalue weighted by Crippen LogP contribution is -2.42. The highest BCUT2D eigenvalue weighted by Gasteiger charge is 2.26. The van der Waals surface area contributed by atoms with E-state index in [0.717, 1.165) is 36.8 Å². The Morgan fingerprint density at radius 1 is 1.56 bits per heavy atom. The Bertz CT molecular complexity index is 400. The zero-order chi connectivity index (χ0) is 13.0. The number of methoxy groups -OCH3 is 1. The molecule has 0 bridgehead atoms. The fraction of sp³-hybridized carbons (Fsp3) is 0.643. The number of nitrogens with zero attached hydrogens (tertiary/aromatic N) is 1. The number of ether oxygens (including phenoxy) is 1. The molecule has 4 nitrogen and oxygen atoms in total. The molecule has 0 aliphatic carbocycles. The van der Waals surface area contributed by atoms with Crippen LogP contribution in [0.4, 0.5) is 5.69 Å². The van der Waals surface area contributed by atoms with Gasteiger partial charge in [-0.15, -0.1) is 0 Å². The van der Waals surface area contributed by atoms with Gasteiger partial charge < -0.3 is 15.4 Å². The van der Waals surface area contributed by atoms with E-state index < -0.39 is 0 Å². The van der Waals surface area contributed by atoms with Crippen LogP contribution in [0, 0.1) is 12.3 Å². The van der Waals surface area contributed by atoms with Gasteiger partial charge in [0, 0.05) is 18.8 Å². The Balaban J connectivity index is 2.02. The summed E-state index contributed by atoms with van der Waals surface area (Å²) in [6.45, 7) is 7.50. The highest BCUT2D eigenvalue weighted by atomic mass is 16.5. The van der Waals surface area contributed by atoms with Crippen LogP contribution in [0.25, 0.3) is 0 Å². The second kappa shape index (κ2) is 5.57. The van der Waals surface area contributed by atoms with Crippen molar-refractivity contribution < 1.29 is 4.74 Å². The normalized spacial score (nSPS) is 23.7. The molecule has 4 heteroatoms. The number of anilines is 1. The molecule has 18 heavy (non-hydrogen) atoms. The Hall–Kier alpha value is -1.29. The third-order valence-electron chi connectivity index (χ3n) is 3.62. The highest BCUT2D eigenvalue weighted by Crippen LogP contribution is 2.29. The van der Waals surface area contributed by atoms with Crippen LogP contribution in [0.5, 0.6) is 5.75 Å². The van der Waals surface area contributed by atoms with Crippen LogP contribution in [0.15, 0.2) is 12.3 Å². The van der Waals surface area contributed by atoms with Gasteiger partial charge in [-0.1, -0.05) is 6.92 Å². The average Bonchev–Trinajstić information content (AvgIpc) is 2.38. The molecule has 2 rings (SSSR count). The summed E-state index contributed by atoms with van der Waals surface area (Å²) in [5, 5.41) is 6.98. The molecule has 1 fully saturated rings. The molecule has 1 saturated heterocycles. The number of rotatable bonds is 4. The third-order valence-corrected chi connectivity index (χ3v) is 3.62. The fourth-order valence-electron chi connectivity index (χ4n) is 2.43. The van der Waals surface area contributed by atoms with E-state index in [1.807, 2.05) is 13.0 Å². The predicted molar refractivity (Wildman–Crippen MR) is 74.2 cm³/mol. The molecule has 100 valence electrons. The van der Waals surface area contributed by atoms with E-state index in [2.05, 4.69) is 22.5 Å². The van der Waals surface area contributed by atoms with Crippen molar-refractivity contribution in [3.05, 3.63) is 18.0 Å². The molecule has 0 spiro atoms. The summed E-state index contributed by atoms with van der Waals surface area (Å²) in [5.41, 5.74) is 2.36. The van der Waals surface area contributed by atoms with Crippen molar-refractivity contribution in [3.8, 4) is 5.75 Å². The first kappa shape index (κ1) is 13.1. The molecule has 0 radical (unpaired) electrons. The molecule has 0 aromatic carbocycles. The highest BCUT2D eigenvalue weighted by molar-refractivity contribution is 5.56. The van der Waals surface area contributed by atoms with Crippen molar-refractivity contribution in [2.24, 2.45) is 5.41 Å². The predicted octanol–water partition coefficient (Wildman–Crippen LogP) is 2.20. The second-order valence-corrected chi connectivity index (χ2v) is 5.47. The molecule has 1 aliphatic rings. The van der Waals surface area contributed by atoms with Gasteiger partial charge in [-0.2, -0.15) is 0 Å². The van der Waals surface area contributed by atoms with E-state index in [-0.39, 0.29) is 0 Å². The molecule has 1 atom stereocenters. The van der Waals surface area contributed by atoms with Crippen LogP contribution < -0.4 is 15.4 Å². The molecular formula is C14H23N3O. The zero-order valence-corrected chi connectivity index (χ0v) is 11.5. The minimum atomic E-state index is 0.320. The lowest BCUT2D eigenvalue weighted by molar-refractivity contribution is 0.253. The summed E-state index contributed by atoms with van der Waals surface area (Å²) < 4.78 is 5.33. The van der Waals surface area contributed by atoms with Gasteiger partial charge in [-0.05, 0) is 37.8 Å². The molecule has 2 heterocycles. The largest absolute Gasteiger partial charge is 0.493 e. The van der Waals surface area contributed by atoms with E-state index >= 15 is 0 Å². The lowest BCUT2D eigenvalue weighted by Gasteiger charge is -2.34. The first-order valence-electron chi connectivity index (χ1n) is 6.58. The van der Waals surface area contributed by atoms with Crippen molar-refractivity contribution in [3.63, 3.8) is 0 Å². The van der Waals surface area contributed by atoms with E-state index in [0.29, 0.717) is 5.41 Å². The Labute approximate surface area is 109 Å². The number of hydrogen-bond donors (Lipinski definition) is 2. The summed E-state index contributed by atoms with van der Waals surface area (Å²) in [6, 6.07) is 2.04. The van der Waals surface area contributed by atoms with Crippen LogP contribution >= 0.6 is 0 Å². The number of aromatic nitrogens is 1. The summed E-state index contributed by atoms with van der Waals surface area (Å²) >= 11 is 0. The fourth-order valence-corrected chi connectivity index (χ4v) is 2.43. The van der Waals surface area contributed by atoms with Gasteiger partial charge in [0.05, 0.1) is 19.0 Å². The number of nitrogens with one attached hydrogen (secondary N) is 2. The number of piperidine rings is 1. The van der Waals surface area contributed by atoms with E-state index in [1.54, 1.807) is 13.3 Å². The van der Waals surface area contributed by atoms with Gasteiger partial charge in [0.15, 0.2) is 5.75 Å². The molecule has 1 aromatic rings. The zero-order valence-electron chi connectivity index (χ0n) is 11.5. The number of pyridine rings is 1. The topological polar surface area (TPSA) is 46.2 Å². The van der Waals surface area contributed by atoms with Gasteiger partial charge >= 0.3 is 0 Å². The Morgan fingerprint density at radius 3 is 3.06 bits per heavy atom. The molecule has 0 saturated carbocycles. The summed E-state index contributed by atoms with van der Waals surface area (Å²) in [5.74, 6) is 0.813. The average molecular weight is 249 g/mol. The van der Waals surface area contributed by atoms with Gasteiger partial charge in [0.2, 0.25) is 0 Å². The maximum Gasteiger partial charge on any atom is 0.160 e. The van der Waals surface area contributed by atoms with Gasteiger partial charge in [-0.3, -0.25) is 4.98 Å². The lowest BCUT2D eigenvalue weighted by atomic mass is 9.83. The molecule has 1 unspecified atom stereocenters. The Kier molecular flexibility index (Phi) is 4.07. The summed E-state index contributed by atoms with van der Waals surface area (Å²) in [6.07, 6.45) is 4.29. The van der Waals surface area contributed by atoms with Gasteiger partial charge in [0.1, 0.15) is 0 Å². The van der Waals surface area contributed by atoms with Crippen molar-refractivity contribution in [1.29, 1.82) is 0 Å². The van der Waals surface area contributed by atoms with Crippen molar-refractivity contribution in [2.75, 3.05) is 32.1 Å². The maximum atomic E-state index is 5.33. The van der Waals surface area contributed by atoms with E-state index in [9.17, 15) is 0 Å². The van der Waals surface area contributed by atoms with Crippen LogP contribution in [0.1, 0.15) is 25.5 Å². The number of hydrogen-bond acceptors (Lipinski definition) is 4. The maximum absolute atomic E-state index is 5.33. The molecule has 2 N–H and O–H groups in total. The smallest absolute Gasteiger partial charge is 0.160 e. The number of aryl methyl sites for hydroxylation is 1. The molecule has 1 aromatic heterocycles. The van der Waals surface area contributed by atoms with Gasteiger partial charge in [-0.25, -0.2) is 0 Å². The summed E-state index contributed by atoms with van der Waals surface area (Å²) in [4.78, 5) is 4.25. The monoisotopic (exact) mass is 249 g/mol. The van der Waals surface area contributed by atoms with E-state index in [4.69, 9.17) is 4.74 Å². The molecular weight excluding hydrogens is 226 g/mol. The van der Waals surface area contributed by atoms with Crippen molar-refractivity contribution in [1.82, 2.24) is 10.3 Å². The molecule has 1 aliphatic heterocycles. The van der Waals surface area contributed by atoms with Crippen molar-refractivity contribution >= 4 is 5.69 Å². The SMILES string of the molecule is COc1cnc(C)cc1NCC1(C)CCCNC1. The van der Waals surface area contributed by atoms with Crippen molar-refractivity contribution in [2.45, 2.75) is 26.7 Å². The summed E-state index contributed by atoms with van der Waals surface area (Å²) in [7, 11) is 1.68. The van der Waals surface area contributed by atoms with Crippen LogP contribution in [0.2, 0.25) is 0 Å². The third kappa shape index (κ3) is 3.13. The second-order valence-electron chi connectivity index (χ2n) is 5.47.